The van der Waals surface area contributed by atoms with Crippen LogP contribution in [0.3, 0.4) is 0 Å². The first kappa shape index (κ1) is 26.1. The van der Waals surface area contributed by atoms with Gasteiger partial charge in [0, 0.05) is 32.4 Å². The lowest BCUT2D eigenvalue weighted by Crippen LogP contribution is -2.41. The van der Waals surface area contributed by atoms with E-state index in [-0.39, 0.29) is 37.9 Å². The van der Waals surface area contributed by atoms with Gasteiger partial charge in [0.1, 0.15) is 28.9 Å². The SMILES string of the molecule is CCC(C)=C(C(=O)N1CCC(c2cc(F)cc(F)c2C(F)(F)F)CC1)n1cc(C#N)ccc1=NC. The number of hydrogen-bond acceptors (Lipinski definition) is 3. The molecule has 0 N–H and O–H groups in total. The molecule has 1 aliphatic rings. The summed E-state index contributed by atoms with van der Waals surface area (Å²) in [4.78, 5) is 19.3. The van der Waals surface area contributed by atoms with Crippen molar-refractivity contribution in [3.8, 4) is 6.07 Å². The van der Waals surface area contributed by atoms with Crippen molar-refractivity contribution >= 4 is 11.6 Å². The smallest absolute Gasteiger partial charge is 0.337 e. The molecule has 10 heteroatoms. The largest absolute Gasteiger partial charge is 0.419 e. The van der Waals surface area contributed by atoms with E-state index in [2.05, 4.69) is 4.99 Å². The maximum absolute atomic E-state index is 14.1. The number of benzene rings is 1. The average molecular weight is 492 g/mol. The fraction of sp³-hybridized carbons (Fsp3) is 0.400. The molecule has 5 nitrogen and oxygen atoms in total. The van der Waals surface area contributed by atoms with Crippen LogP contribution >= 0.6 is 0 Å². The first-order valence-corrected chi connectivity index (χ1v) is 11.1. The maximum atomic E-state index is 14.1. The number of alkyl halides is 3. The molecule has 0 atom stereocenters. The van der Waals surface area contributed by atoms with E-state index in [9.17, 15) is 32.0 Å². The Balaban J connectivity index is 1.93. The summed E-state index contributed by atoms with van der Waals surface area (Å²) >= 11 is 0. The highest BCUT2D eigenvalue weighted by Gasteiger charge is 2.40. The molecule has 0 bridgehead atoms. The lowest BCUT2D eigenvalue weighted by molar-refractivity contribution is -0.141. The Labute approximate surface area is 199 Å². The van der Waals surface area contributed by atoms with Crippen molar-refractivity contribution in [2.24, 2.45) is 4.99 Å². The van der Waals surface area contributed by atoms with Crippen LogP contribution in [-0.2, 0) is 11.0 Å². The van der Waals surface area contributed by atoms with Gasteiger partial charge < -0.3 is 4.90 Å². The van der Waals surface area contributed by atoms with Crippen LogP contribution in [0.5, 0.6) is 0 Å². The molecule has 1 aliphatic heterocycles. The number of carbonyl (C=O) groups excluding carboxylic acids is 1. The molecular weight excluding hydrogens is 467 g/mol. The van der Waals surface area contributed by atoms with Gasteiger partial charge >= 0.3 is 6.18 Å². The molecule has 1 saturated heterocycles. The topological polar surface area (TPSA) is 61.4 Å². The Morgan fingerprint density at radius 2 is 1.86 bits per heavy atom. The Bertz CT molecular complexity index is 1260. The fourth-order valence-electron chi connectivity index (χ4n) is 4.34. The van der Waals surface area contributed by atoms with Crippen molar-refractivity contribution in [3.63, 3.8) is 0 Å². The molecule has 1 aromatic heterocycles. The van der Waals surface area contributed by atoms with E-state index in [0.717, 1.165) is 11.6 Å². The molecule has 0 aliphatic carbocycles. The van der Waals surface area contributed by atoms with Gasteiger partial charge in [0.25, 0.3) is 5.91 Å². The van der Waals surface area contributed by atoms with Crippen molar-refractivity contribution in [3.05, 3.63) is 69.8 Å². The number of rotatable bonds is 4. The molecule has 1 aromatic carbocycles. The Kier molecular flexibility index (Phi) is 7.78. The number of pyridine rings is 1. The Morgan fingerprint density at radius 1 is 1.20 bits per heavy atom. The number of aromatic nitrogens is 1. The molecule has 0 saturated carbocycles. The van der Waals surface area contributed by atoms with Gasteiger partial charge in [0.15, 0.2) is 0 Å². The lowest BCUT2D eigenvalue weighted by atomic mass is 9.85. The maximum Gasteiger partial charge on any atom is 0.419 e. The summed E-state index contributed by atoms with van der Waals surface area (Å²) in [5, 5.41) is 9.31. The molecular formula is C25H25F5N4O. The van der Waals surface area contributed by atoms with Crippen LogP contribution in [0.2, 0.25) is 0 Å². The number of allylic oxidation sites excluding steroid dienone is 1. The highest BCUT2D eigenvalue weighted by molar-refractivity contribution is 6.14. The van der Waals surface area contributed by atoms with E-state index in [0.29, 0.717) is 23.2 Å². The van der Waals surface area contributed by atoms with Crippen LogP contribution < -0.4 is 5.49 Å². The third-order valence-electron chi connectivity index (χ3n) is 6.25. The monoisotopic (exact) mass is 492 g/mol. The fourth-order valence-corrected chi connectivity index (χ4v) is 4.34. The van der Waals surface area contributed by atoms with Crippen LogP contribution in [0, 0.1) is 23.0 Å². The average Bonchev–Trinajstić information content (AvgIpc) is 2.82. The van der Waals surface area contributed by atoms with Crippen molar-refractivity contribution in [1.82, 2.24) is 9.47 Å². The molecule has 35 heavy (non-hydrogen) atoms. The van der Waals surface area contributed by atoms with E-state index in [4.69, 9.17) is 0 Å². The molecule has 0 unspecified atom stereocenters. The van der Waals surface area contributed by atoms with Gasteiger partial charge in [0.2, 0.25) is 0 Å². The van der Waals surface area contributed by atoms with Gasteiger partial charge in [-0.1, -0.05) is 6.92 Å². The van der Waals surface area contributed by atoms with E-state index < -0.39 is 34.9 Å². The summed E-state index contributed by atoms with van der Waals surface area (Å²) < 4.78 is 69.9. The van der Waals surface area contributed by atoms with E-state index in [1.165, 1.54) is 11.1 Å². The van der Waals surface area contributed by atoms with E-state index in [1.807, 2.05) is 13.0 Å². The minimum atomic E-state index is -4.96. The second kappa shape index (κ2) is 10.4. The van der Waals surface area contributed by atoms with E-state index in [1.54, 1.807) is 30.7 Å². The summed E-state index contributed by atoms with van der Waals surface area (Å²) in [5.74, 6) is -3.82. The van der Waals surface area contributed by atoms with Crippen LogP contribution in [-0.4, -0.2) is 35.5 Å². The van der Waals surface area contributed by atoms with Gasteiger partial charge in [0.05, 0.1) is 11.1 Å². The number of nitrogens with zero attached hydrogens (tertiary/aromatic N) is 4. The standard InChI is InChI=1S/C25H25F5N4O/c1-4-15(2)23(34-14-16(13-31)5-6-21(34)32-3)24(35)33-9-7-17(8-10-33)19-11-18(26)12-20(27)22(19)25(28,29)30/h5-6,11-12,14,17H,4,7-10H2,1-3H3. The highest BCUT2D eigenvalue weighted by Crippen LogP contribution is 2.41. The number of halogens is 5. The van der Waals surface area contributed by atoms with Crippen molar-refractivity contribution in [1.29, 1.82) is 5.26 Å². The number of likely N-dealkylation sites (tertiary alicyclic amines) is 1. The zero-order valence-electron chi connectivity index (χ0n) is 19.6. The second-order valence-electron chi connectivity index (χ2n) is 8.38. The van der Waals surface area contributed by atoms with Gasteiger partial charge in [-0.15, -0.1) is 0 Å². The summed E-state index contributed by atoms with van der Waals surface area (Å²) in [6.45, 7) is 3.88. The van der Waals surface area contributed by atoms with Crippen molar-refractivity contribution in [2.45, 2.75) is 45.2 Å². The highest BCUT2D eigenvalue weighted by atomic mass is 19.4. The van der Waals surface area contributed by atoms with Crippen LogP contribution in [0.1, 0.15) is 55.7 Å². The van der Waals surface area contributed by atoms with Crippen LogP contribution in [0.4, 0.5) is 22.0 Å². The van der Waals surface area contributed by atoms with Gasteiger partial charge in [-0.05, 0) is 61.4 Å². The number of piperidine rings is 1. The molecule has 2 aromatic rings. The minimum absolute atomic E-state index is 0.108. The molecule has 1 amide bonds. The summed E-state index contributed by atoms with van der Waals surface area (Å²) in [6.07, 6.45) is -2.67. The number of nitriles is 1. The van der Waals surface area contributed by atoms with Gasteiger partial charge in [-0.3, -0.25) is 14.4 Å². The van der Waals surface area contributed by atoms with Crippen molar-refractivity contribution in [2.75, 3.05) is 20.1 Å². The molecule has 0 radical (unpaired) electrons. The molecule has 3 rings (SSSR count). The zero-order valence-corrected chi connectivity index (χ0v) is 19.6. The number of carbonyl (C=O) groups is 1. The van der Waals surface area contributed by atoms with Crippen LogP contribution in [0.25, 0.3) is 5.70 Å². The Morgan fingerprint density at radius 3 is 2.40 bits per heavy atom. The third kappa shape index (κ3) is 5.45. The van der Waals surface area contributed by atoms with Gasteiger partial charge in [-0.2, -0.15) is 18.4 Å². The first-order chi connectivity index (χ1) is 16.5. The molecule has 2 heterocycles. The van der Waals surface area contributed by atoms with Crippen LogP contribution in [0.15, 0.2) is 41.0 Å². The summed E-state index contributed by atoms with van der Waals surface area (Å²) in [6, 6.07) is 6.22. The zero-order chi connectivity index (χ0) is 25.9. The predicted octanol–water partition coefficient (Wildman–Crippen LogP) is 5.23. The summed E-state index contributed by atoms with van der Waals surface area (Å²) in [7, 11) is 1.56. The first-order valence-electron chi connectivity index (χ1n) is 11.1. The number of amides is 1. The van der Waals surface area contributed by atoms with Crippen molar-refractivity contribution < 1.29 is 26.7 Å². The molecule has 0 spiro atoms. The quantitative estimate of drug-likeness (QED) is 0.433. The van der Waals surface area contributed by atoms with E-state index >= 15 is 0 Å². The summed E-state index contributed by atoms with van der Waals surface area (Å²) in [5.41, 5.74) is -0.0294. The van der Waals surface area contributed by atoms with Gasteiger partial charge in [-0.25, -0.2) is 8.78 Å². The normalized spacial score (nSPS) is 16.2. The molecule has 186 valence electrons. The number of hydrogen-bond donors (Lipinski definition) is 0. The lowest BCUT2D eigenvalue weighted by Gasteiger charge is -2.34. The minimum Gasteiger partial charge on any atom is -0.337 e. The Hall–Kier alpha value is -3.48. The molecule has 1 fully saturated rings. The second-order valence-corrected chi connectivity index (χ2v) is 8.38. The predicted molar refractivity (Wildman–Crippen MR) is 120 cm³/mol. The third-order valence-corrected chi connectivity index (χ3v) is 6.25.